The second-order valence-corrected chi connectivity index (χ2v) is 6.41. The van der Waals surface area contributed by atoms with Gasteiger partial charge >= 0.3 is 0 Å². The first-order valence-corrected chi connectivity index (χ1v) is 8.52. The van der Waals surface area contributed by atoms with Crippen LogP contribution in [0.4, 0.5) is 11.6 Å². The zero-order chi connectivity index (χ0) is 17.7. The number of nitrogens with zero attached hydrogens (tertiary/aromatic N) is 10. The lowest BCUT2D eigenvalue weighted by molar-refractivity contribution is 0.636. The number of hydrogen-bond acceptors (Lipinski definition) is 8. The first-order chi connectivity index (χ1) is 12.7. The van der Waals surface area contributed by atoms with E-state index in [-0.39, 0.29) is 0 Å². The Hall–Kier alpha value is -3.30. The number of aryl methyl sites for hydroxylation is 2. The minimum absolute atomic E-state index is 0.767. The molecule has 4 aromatic rings. The van der Waals surface area contributed by atoms with Gasteiger partial charge in [-0.3, -0.25) is 0 Å². The Kier molecular flexibility index (Phi) is 3.24. The van der Waals surface area contributed by atoms with Crippen LogP contribution in [-0.4, -0.2) is 65.5 Å². The average molecular weight is 350 g/mol. The molecule has 5 rings (SSSR count). The summed E-state index contributed by atoms with van der Waals surface area (Å²) in [4.78, 5) is 17.8. The van der Waals surface area contributed by atoms with Gasteiger partial charge in [0.2, 0.25) is 0 Å². The Bertz CT molecular complexity index is 1090. The van der Waals surface area contributed by atoms with E-state index in [1.807, 2.05) is 30.7 Å². The van der Waals surface area contributed by atoms with E-state index in [4.69, 9.17) is 0 Å². The molecule has 1 aliphatic heterocycles. The highest BCUT2D eigenvalue weighted by atomic mass is 15.4. The van der Waals surface area contributed by atoms with E-state index in [0.717, 1.165) is 60.5 Å². The van der Waals surface area contributed by atoms with Gasteiger partial charge in [0, 0.05) is 33.2 Å². The average Bonchev–Trinajstić information content (AvgIpc) is 3.25. The summed E-state index contributed by atoms with van der Waals surface area (Å²) in [6.07, 6.45) is 3.38. The van der Waals surface area contributed by atoms with E-state index in [9.17, 15) is 0 Å². The highest BCUT2D eigenvalue weighted by Crippen LogP contribution is 2.23. The Morgan fingerprint density at radius 2 is 1.73 bits per heavy atom. The summed E-state index contributed by atoms with van der Waals surface area (Å²) in [5.41, 5.74) is 2.47. The van der Waals surface area contributed by atoms with Gasteiger partial charge < -0.3 is 14.4 Å². The van der Waals surface area contributed by atoms with Crippen LogP contribution in [0.25, 0.3) is 16.8 Å². The number of imidazole rings is 1. The van der Waals surface area contributed by atoms with Gasteiger partial charge in [0.05, 0.1) is 6.33 Å². The second kappa shape index (κ2) is 5.61. The van der Waals surface area contributed by atoms with Gasteiger partial charge in [-0.15, -0.1) is 15.3 Å². The molecule has 0 aromatic carbocycles. The molecule has 0 atom stereocenters. The van der Waals surface area contributed by atoms with Crippen LogP contribution < -0.4 is 9.80 Å². The monoisotopic (exact) mass is 350 g/mol. The Balaban J connectivity index is 1.39. The molecule has 0 amide bonds. The highest BCUT2D eigenvalue weighted by Gasteiger charge is 2.22. The summed E-state index contributed by atoms with van der Waals surface area (Å²) in [6.45, 7) is 5.32. The van der Waals surface area contributed by atoms with Crippen LogP contribution in [0.1, 0.15) is 5.82 Å². The fourth-order valence-corrected chi connectivity index (χ4v) is 3.37. The molecule has 10 nitrogen and oxygen atoms in total. The largest absolute Gasteiger partial charge is 0.352 e. The number of piperazine rings is 1. The zero-order valence-electron chi connectivity index (χ0n) is 14.6. The van der Waals surface area contributed by atoms with Crippen LogP contribution in [0.15, 0.2) is 24.8 Å². The molecule has 0 bridgehead atoms. The molecule has 0 aliphatic carbocycles. The van der Waals surface area contributed by atoms with Crippen molar-refractivity contribution >= 4 is 28.4 Å². The Labute approximate surface area is 149 Å². The quantitative estimate of drug-likeness (QED) is 0.514. The third-order valence-electron chi connectivity index (χ3n) is 4.79. The molecule has 132 valence electrons. The van der Waals surface area contributed by atoms with Crippen molar-refractivity contribution in [3.05, 3.63) is 30.6 Å². The SMILES string of the molecule is Cc1nnc2ccc(N3CCN(c4ncnc5c4ncn5C)CC3)nn12. The highest BCUT2D eigenvalue weighted by molar-refractivity contribution is 5.83. The minimum atomic E-state index is 0.767. The van der Waals surface area contributed by atoms with Crippen LogP contribution in [0.5, 0.6) is 0 Å². The molecular formula is C16H18N10. The van der Waals surface area contributed by atoms with E-state index >= 15 is 0 Å². The molecule has 0 saturated carbocycles. The molecular weight excluding hydrogens is 332 g/mol. The third kappa shape index (κ3) is 2.25. The van der Waals surface area contributed by atoms with Crippen molar-refractivity contribution in [1.29, 1.82) is 0 Å². The molecule has 0 spiro atoms. The van der Waals surface area contributed by atoms with Crippen molar-refractivity contribution in [1.82, 2.24) is 39.3 Å². The summed E-state index contributed by atoms with van der Waals surface area (Å²) in [7, 11) is 1.94. The predicted molar refractivity (Wildman–Crippen MR) is 96.2 cm³/mol. The lowest BCUT2D eigenvalue weighted by Gasteiger charge is -2.35. The van der Waals surface area contributed by atoms with Gasteiger partial charge in [-0.05, 0) is 19.1 Å². The van der Waals surface area contributed by atoms with Crippen molar-refractivity contribution in [3.8, 4) is 0 Å². The smallest absolute Gasteiger partial charge is 0.178 e. The van der Waals surface area contributed by atoms with Crippen molar-refractivity contribution in [3.63, 3.8) is 0 Å². The maximum atomic E-state index is 4.67. The molecule has 26 heavy (non-hydrogen) atoms. The Morgan fingerprint density at radius 1 is 0.923 bits per heavy atom. The fraction of sp³-hybridized carbons (Fsp3) is 0.375. The maximum absolute atomic E-state index is 4.67. The van der Waals surface area contributed by atoms with Crippen molar-refractivity contribution in [2.45, 2.75) is 6.92 Å². The normalized spacial score (nSPS) is 15.3. The molecule has 0 radical (unpaired) electrons. The number of fused-ring (bicyclic) bond motifs is 2. The first kappa shape index (κ1) is 15.0. The third-order valence-corrected chi connectivity index (χ3v) is 4.79. The van der Waals surface area contributed by atoms with Crippen LogP contribution in [0.2, 0.25) is 0 Å². The summed E-state index contributed by atoms with van der Waals surface area (Å²) in [5.74, 6) is 2.62. The summed E-state index contributed by atoms with van der Waals surface area (Å²) >= 11 is 0. The van der Waals surface area contributed by atoms with Gasteiger partial charge in [0.25, 0.3) is 0 Å². The van der Waals surface area contributed by atoms with E-state index in [0.29, 0.717) is 0 Å². The van der Waals surface area contributed by atoms with Gasteiger partial charge in [0.15, 0.2) is 28.5 Å². The molecule has 1 saturated heterocycles. The molecule has 10 heteroatoms. The molecule has 0 unspecified atom stereocenters. The molecule has 5 heterocycles. The first-order valence-electron chi connectivity index (χ1n) is 8.52. The van der Waals surface area contributed by atoms with E-state index < -0.39 is 0 Å². The van der Waals surface area contributed by atoms with Crippen LogP contribution >= 0.6 is 0 Å². The molecule has 1 fully saturated rings. The molecule has 1 aliphatic rings. The van der Waals surface area contributed by atoms with Gasteiger partial charge in [-0.1, -0.05) is 0 Å². The van der Waals surface area contributed by atoms with E-state index in [1.54, 1.807) is 17.2 Å². The van der Waals surface area contributed by atoms with Crippen LogP contribution in [-0.2, 0) is 7.05 Å². The second-order valence-electron chi connectivity index (χ2n) is 6.41. The standard InChI is InChI=1S/C16H18N10/c1-11-20-21-12-3-4-13(22-26(11)12)24-5-7-25(8-6-24)16-14-15(17-9-18-16)23(2)10-19-14/h3-4,9-10H,5-8H2,1-2H3. The lowest BCUT2D eigenvalue weighted by atomic mass is 10.3. The Morgan fingerprint density at radius 3 is 2.58 bits per heavy atom. The van der Waals surface area contributed by atoms with Crippen LogP contribution in [0, 0.1) is 6.92 Å². The van der Waals surface area contributed by atoms with Gasteiger partial charge in [0.1, 0.15) is 12.1 Å². The predicted octanol–water partition coefficient (Wildman–Crippen LogP) is 0.436. The van der Waals surface area contributed by atoms with Gasteiger partial charge in [-0.25, -0.2) is 15.0 Å². The molecule has 4 aromatic heterocycles. The lowest BCUT2D eigenvalue weighted by Crippen LogP contribution is -2.47. The maximum Gasteiger partial charge on any atom is 0.178 e. The van der Waals surface area contributed by atoms with Gasteiger partial charge in [-0.2, -0.15) is 4.52 Å². The number of hydrogen-bond donors (Lipinski definition) is 0. The van der Waals surface area contributed by atoms with Crippen LogP contribution in [0.3, 0.4) is 0 Å². The zero-order valence-corrected chi connectivity index (χ0v) is 14.6. The van der Waals surface area contributed by atoms with Crippen molar-refractivity contribution < 1.29 is 0 Å². The number of rotatable bonds is 2. The fourth-order valence-electron chi connectivity index (χ4n) is 3.37. The van der Waals surface area contributed by atoms with Crippen molar-refractivity contribution in [2.24, 2.45) is 7.05 Å². The van der Waals surface area contributed by atoms with E-state index in [1.165, 1.54) is 0 Å². The summed E-state index contributed by atoms with van der Waals surface area (Å²) in [5, 5.41) is 12.8. The van der Waals surface area contributed by atoms with Crippen molar-refractivity contribution in [2.75, 3.05) is 36.0 Å². The summed E-state index contributed by atoms with van der Waals surface area (Å²) < 4.78 is 3.70. The van der Waals surface area contributed by atoms with E-state index in [2.05, 4.69) is 40.0 Å². The topological polar surface area (TPSA) is 93.2 Å². The molecule has 0 N–H and O–H groups in total. The summed E-state index contributed by atoms with van der Waals surface area (Å²) in [6, 6.07) is 3.96. The number of anilines is 2. The minimum Gasteiger partial charge on any atom is -0.352 e. The number of aromatic nitrogens is 8.